The van der Waals surface area contributed by atoms with E-state index in [0.717, 1.165) is 10.5 Å². The summed E-state index contributed by atoms with van der Waals surface area (Å²) in [6, 6.07) is 17.5. The maximum Gasteiger partial charge on any atom is 0.325 e. The summed E-state index contributed by atoms with van der Waals surface area (Å²) in [5.41, 5.74) is 0.135. The van der Waals surface area contributed by atoms with Gasteiger partial charge in [-0.05, 0) is 42.3 Å². The van der Waals surface area contributed by atoms with E-state index in [1.807, 2.05) is 30.3 Å². The summed E-state index contributed by atoms with van der Waals surface area (Å²) < 4.78 is 16.6. The van der Waals surface area contributed by atoms with Crippen LogP contribution in [0.1, 0.15) is 23.8 Å². The Hall–Kier alpha value is -4.27. The number of benzene rings is 2. The monoisotopic (exact) mass is 475 g/mol. The van der Waals surface area contributed by atoms with Crippen molar-refractivity contribution in [1.82, 2.24) is 15.1 Å². The molecule has 2 aromatic carbocycles. The number of urea groups is 1. The first-order chi connectivity index (χ1) is 16.9. The summed E-state index contributed by atoms with van der Waals surface area (Å²) in [5, 5.41) is 2.74. The van der Waals surface area contributed by atoms with Crippen molar-refractivity contribution in [2.24, 2.45) is 0 Å². The molecule has 1 atom stereocenters. The highest BCUT2D eigenvalue weighted by Gasteiger charge is 2.50. The zero-order valence-electron chi connectivity index (χ0n) is 19.2. The molecule has 0 saturated carbocycles. The lowest BCUT2D eigenvalue weighted by molar-refractivity contribution is -0.139. The Bertz CT molecular complexity index is 1240. The van der Waals surface area contributed by atoms with E-state index in [1.165, 1.54) is 6.26 Å². The van der Waals surface area contributed by atoms with Gasteiger partial charge >= 0.3 is 6.03 Å². The third-order valence-corrected chi connectivity index (χ3v) is 6.18. The molecule has 9 heteroatoms. The van der Waals surface area contributed by atoms with Gasteiger partial charge in [0.1, 0.15) is 31.1 Å². The fourth-order valence-electron chi connectivity index (χ4n) is 4.25. The van der Waals surface area contributed by atoms with Gasteiger partial charge in [-0.2, -0.15) is 0 Å². The number of furan rings is 1. The Morgan fingerprint density at radius 3 is 2.51 bits per heavy atom. The maximum absolute atomic E-state index is 13.4. The molecule has 0 spiro atoms. The number of hydrogen-bond acceptors (Lipinski definition) is 6. The van der Waals surface area contributed by atoms with Crippen LogP contribution >= 0.6 is 0 Å². The molecule has 5 rings (SSSR count). The normalized spacial score (nSPS) is 18.9. The molecule has 4 amide bonds. The second kappa shape index (κ2) is 9.17. The molecular formula is C26H25N3O6. The van der Waals surface area contributed by atoms with Crippen molar-refractivity contribution >= 4 is 17.8 Å². The number of ether oxygens (including phenoxy) is 2. The molecule has 3 heterocycles. The van der Waals surface area contributed by atoms with Crippen LogP contribution in [0.5, 0.6) is 11.5 Å². The van der Waals surface area contributed by atoms with Gasteiger partial charge in [0.2, 0.25) is 5.91 Å². The van der Waals surface area contributed by atoms with Gasteiger partial charge in [-0.15, -0.1) is 0 Å². The second-order valence-electron chi connectivity index (χ2n) is 8.62. The summed E-state index contributed by atoms with van der Waals surface area (Å²) in [7, 11) is 0. The standard InChI is InChI=1S/C26H25N3O6/c1-26(19-9-10-21-22(14-19)35-13-12-34-21)24(31)29(25(32)27-26)17-23(30)28(16-20-8-5-11-33-20)15-18-6-3-2-4-7-18/h2-11,14H,12-13,15-17H2,1H3,(H,27,32)/t26-/m0/s1. The summed E-state index contributed by atoms with van der Waals surface area (Å²) in [4.78, 5) is 42.1. The number of imide groups is 1. The van der Waals surface area contributed by atoms with Crippen LogP contribution in [0.25, 0.3) is 0 Å². The van der Waals surface area contributed by atoms with Crippen molar-refractivity contribution in [3.05, 3.63) is 83.8 Å². The Balaban J connectivity index is 1.35. The lowest BCUT2D eigenvalue weighted by atomic mass is 9.91. The van der Waals surface area contributed by atoms with E-state index >= 15 is 0 Å². The first-order valence-corrected chi connectivity index (χ1v) is 11.3. The number of nitrogens with one attached hydrogen (secondary N) is 1. The van der Waals surface area contributed by atoms with E-state index in [-0.39, 0.29) is 12.5 Å². The minimum absolute atomic E-state index is 0.212. The van der Waals surface area contributed by atoms with Crippen molar-refractivity contribution in [2.45, 2.75) is 25.6 Å². The summed E-state index contributed by atoms with van der Waals surface area (Å²) in [6.07, 6.45) is 1.54. The number of fused-ring (bicyclic) bond motifs is 1. The molecule has 1 fully saturated rings. The Labute approximate surface area is 202 Å². The molecule has 0 bridgehead atoms. The van der Waals surface area contributed by atoms with Crippen molar-refractivity contribution in [3.8, 4) is 11.5 Å². The molecule has 3 aromatic rings. The van der Waals surface area contributed by atoms with Gasteiger partial charge in [0.25, 0.3) is 5.91 Å². The molecule has 1 aromatic heterocycles. The summed E-state index contributed by atoms with van der Waals surface area (Å²) >= 11 is 0. The Kier molecular flexibility index (Phi) is 5.90. The van der Waals surface area contributed by atoms with E-state index in [1.54, 1.807) is 42.2 Å². The van der Waals surface area contributed by atoms with Crippen molar-refractivity contribution < 1.29 is 28.3 Å². The van der Waals surface area contributed by atoms with Crippen LogP contribution < -0.4 is 14.8 Å². The minimum atomic E-state index is -1.33. The predicted octanol–water partition coefficient (Wildman–Crippen LogP) is 3.05. The van der Waals surface area contributed by atoms with Crippen LogP contribution in [0.3, 0.4) is 0 Å². The number of nitrogens with zero attached hydrogens (tertiary/aromatic N) is 2. The van der Waals surface area contributed by atoms with E-state index < -0.39 is 24.0 Å². The highest BCUT2D eigenvalue weighted by atomic mass is 16.6. The predicted molar refractivity (Wildman–Crippen MR) is 124 cm³/mol. The van der Waals surface area contributed by atoms with Crippen molar-refractivity contribution in [1.29, 1.82) is 0 Å². The summed E-state index contributed by atoms with van der Waals surface area (Å²) in [6.45, 7) is 2.60. The first-order valence-electron chi connectivity index (χ1n) is 11.3. The fraction of sp³-hybridized carbons (Fsp3) is 0.269. The van der Waals surface area contributed by atoms with E-state index in [9.17, 15) is 14.4 Å². The number of hydrogen-bond donors (Lipinski definition) is 1. The number of amides is 4. The highest BCUT2D eigenvalue weighted by Crippen LogP contribution is 2.36. The Morgan fingerprint density at radius 1 is 1.00 bits per heavy atom. The maximum atomic E-state index is 13.4. The molecule has 2 aliphatic heterocycles. The molecule has 35 heavy (non-hydrogen) atoms. The summed E-state index contributed by atoms with van der Waals surface area (Å²) in [5.74, 6) is 0.818. The van der Waals surface area contributed by atoms with Crippen LogP contribution in [0.15, 0.2) is 71.3 Å². The van der Waals surface area contributed by atoms with Crippen LogP contribution in [-0.2, 0) is 28.2 Å². The molecule has 1 N–H and O–H groups in total. The third kappa shape index (κ3) is 4.44. The highest BCUT2D eigenvalue weighted by molar-refractivity contribution is 6.09. The number of carbonyl (C=O) groups excluding carboxylic acids is 3. The molecule has 9 nitrogen and oxygen atoms in total. The van der Waals surface area contributed by atoms with Crippen LogP contribution in [0, 0.1) is 0 Å². The van der Waals surface area contributed by atoms with E-state index in [2.05, 4.69) is 5.32 Å². The van der Waals surface area contributed by atoms with Crippen LogP contribution in [0.4, 0.5) is 4.79 Å². The lowest BCUT2D eigenvalue weighted by Gasteiger charge is -2.26. The fourth-order valence-corrected chi connectivity index (χ4v) is 4.25. The Morgan fingerprint density at radius 2 is 1.77 bits per heavy atom. The smallest absolute Gasteiger partial charge is 0.325 e. The van der Waals surface area contributed by atoms with Gasteiger partial charge < -0.3 is 24.1 Å². The topological polar surface area (TPSA) is 101 Å². The third-order valence-electron chi connectivity index (χ3n) is 6.18. The largest absolute Gasteiger partial charge is 0.486 e. The number of rotatable bonds is 7. The zero-order valence-corrected chi connectivity index (χ0v) is 19.2. The molecule has 180 valence electrons. The van der Waals surface area contributed by atoms with E-state index in [0.29, 0.717) is 42.6 Å². The second-order valence-corrected chi connectivity index (χ2v) is 8.62. The first kappa shape index (κ1) is 22.5. The van der Waals surface area contributed by atoms with Gasteiger partial charge in [-0.1, -0.05) is 36.4 Å². The van der Waals surface area contributed by atoms with Crippen molar-refractivity contribution in [2.75, 3.05) is 19.8 Å². The van der Waals surface area contributed by atoms with Gasteiger partial charge in [-0.3, -0.25) is 14.5 Å². The van der Waals surface area contributed by atoms with Gasteiger partial charge in [0.15, 0.2) is 11.5 Å². The van der Waals surface area contributed by atoms with Crippen LogP contribution in [-0.4, -0.2) is 47.4 Å². The van der Waals surface area contributed by atoms with Gasteiger partial charge in [0, 0.05) is 6.54 Å². The quantitative estimate of drug-likeness (QED) is 0.527. The molecule has 0 aliphatic carbocycles. The minimum Gasteiger partial charge on any atom is -0.486 e. The van der Waals surface area contributed by atoms with Crippen LogP contribution in [0.2, 0.25) is 0 Å². The average molecular weight is 476 g/mol. The van der Waals surface area contributed by atoms with Gasteiger partial charge in [0.05, 0.1) is 12.8 Å². The zero-order chi connectivity index (χ0) is 24.4. The average Bonchev–Trinajstić information content (AvgIpc) is 3.46. The van der Waals surface area contributed by atoms with Crippen molar-refractivity contribution in [3.63, 3.8) is 0 Å². The lowest BCUT2D eigenvalue weighted by Crippen LogP contribution is -2.44. The van der Waals surface area contributed by atoms with Gasteiger partial charge in [-0.25, -0.2) is 4.79 Å². The number of carbonyl (C=O) groups is 3. The SMILES string of the molecule is C[C@@]1(c2ccc3c(c2)OCCO3)NC(=O)N(CC(=O)N(Cc2ccccc2)Cc2ccco2)C1=O. The molecule has 1 saturated heterocycles. The molecule has 2 aliphatic rings. The molecule has 0 unspecified atom stereocenters. The molecule has 0 radical (unpaired) electrons. The van der Waals surface area contributed by atoms with E-state index in [4.69, 9.17) is 13.9 Å². The molecular weight excluding hydrogens is 450 g/mol.